The summed E-state index contributed by atoms with van der Waals surface area (Å²) in [6, 6.07) is 3.86. The molecule has 1 N–H and O–H groups in total. The van der Waals surface area contributed by atoms with Gasteiger partial charge in [0.15, 0.2) is 0 Å². The quantitative estimate of drug-likeness (QED) is 0.797. The average molecular weight is 425 g/mol. The number of likely N-dealkylation sites (tertiary alicyclic amines) is 1. The van der Waals surface area contributed by atoms with E-state index < -0.39 is 0 Å². The molecule has 0 aromatic carbocycles. The molecule has 8 heteroatoms. The van der Waals surface area contributed by atoms with Gasteiger partial charge in [-0.1, -0.05) is 12.8 Å². The van der Waals surface area contributed by atoms with Crippen molar-refractivity contribution >= 4 is 23.3 Å². The van der Waals surface area contributed by atoms with Crippen molar-refractivity contribution in [3.63, 3.8) is 0 Å². The molecular weight excluding hydrogens is 392 g/mol. The Labute approximate surface area is 183 Å². The van der Waals surface area contributed by atoms with Crippen molar-refractivity contribution in [2.45, 2.75) is 52.0 Å². The third-order valence-corrected chi connectivity index (χ3v) is 6.30. The van der Waals surface area contributed by atoms with E-state index in [2.05, 4.69) is 20.3 Å². The van der Waals surface area contributed by atoms with Crippen LogP contribution in [0.3, 0.4) is 0 Å². The van der Waals surface area contributed by atoms with Crippen molar-refractivity contribution in [3.05, 3.63) is 36.3 Å². The van der Waals surface area contributed by atoms with E-state index in [0.717, 1.165) is 31.1 Å². The van der Waals surface area contributed by atoms with Gasteiger partial charge in [0.2, 0.25) is 5.91 Å². The number of amides is 2. The molecule has 2 aliphatic rings. The number of pyridine rings is 1. The second-order valence-electron chi connectivity index (χ2n) is 8.45. The average Bonchev–Trinajstić information content (AvgIpc) is 3.09. The third-order valence-electron chi connectivity index (χ3n) is 6.30. The van der Waals surface area contributed by atoms with Gasteiger partial charge in [-0.05, 0) is 44.7 Å². The topological polar surface area (TPSA) is 83.4 Å². The standard InChI is InChI=1S/C23H32N6O2/c1-2-29-17-20(16-25-29)26-22(30)18-9-13-28(14-10-18)23(31)19-7-8-21(24-15-19)27-11-5-3-4-6-12-27/h7-8,15-18H,2-6,9-14H2,1H3,(H,26,30). The highest BCUT2D eigenvalue weighted by atomic mass is 16.2. The molecule has 0 spiro atoms. The van der Waals surface area contributed by atoms with Crippen molar-refractivity contribution < 1.29 is 9.59 Å². The van der Waals surface area contributed by atoms with E-state index in [1.54, 1.807) is 17.1 Å². The molecule has 0 bridgehead atoms. The maximum atomic E-state index is 12.9. The Kier molecular flexibility index (Phi) is 6.84. The van der Waals surface area contributed by atoms with Crippen LogP contribution in [0.4, 0.5) is 11.5 Å². The zero-order valence-electron chi connectivity index (χ0n) is 18.3. The number of aryl methyl sites for hydroxylation is 1. The number of nitrogens with zero attached hydrogens (tertiary/aromatic N) is 5. The highest BCUT2D eigenvalue weighted by molar-refractivity contribution is 5.95. The van der Waals surface area contributed by atoms with Crippen LogP contribution in [-0.2, 0) is 11.3 Å². The molecule has 2 aromatic rings. The predicted molar refractivity (Wildman–Crippen MR) is 120 cm³/mol. The number of carbonyl (C=O) groups is 2. The van der Waals surface area contributed by atoms with Crippen LogP contribution in [0.5, 0.6) is 0 Å². The number of hydrogen-bond donors (Lipinski definition) is 1. The molecule has 166 valence electrons. The molecule has 0 atom stereocenters. The molecule has 8 nitrogen and oxygen atoms in total. The zero-order chi connectivity index (χ0) is 21.6. The van der Waals surface area contributed by atoms with Crippen LogP contribution in [0.1, 0.15) is 55.8 Å². The summed E-state index contributed by atoms with van der Waals surface area (Å²) < 4.78 is 1.78. The Hall–Kier alpha value is -2.90. The van der Waals surface area contributed by atoms with Gasteiger partial charge in [0.25, 0.3) is 5.91 Å². The van der Waals surface area contributed by atoms with Gasteiger partial charge in [-0.3, -0.25) is 14.3 Å². The lowest BCUT2D eigenvalue weighted by atomic mass is 9.95. The Morgan fingerprint density at radius 2 is 1.77 bits per heavy atom. The van der Waals surface area contributed by atoms with Gasteiger partial charge < -0.3 is 15.1 Å². The SMILES string of the molecule is CCn1cc(NC(=O)C2CCN(C(=O)c3ccc(N4CCCCCC4)nc3)CC2)cn1. The first-order valence-corrected chi connectivity index (χ1v) is 11.5. The summed E-state index contributed by atoms with van der Waals surface area (Å²) in [5.41, 5.74) is 1.34. The van der Waals surface area contributed by atoms with Crippen LogP contribution < -0.4 is 10.2 Å². The minimum atomic E-state index is -0.0856. The van der Waals surface area contributed by atoms with Crippen molar-refractivity contribution in [3.8, 4) is 0 Å². The fourth-order valence-electron chi connectivity index (χ4n) is 4.37. The van der Waals surface area contributed by atoms with Gasteiger partial charge in [-0.2, -0.15) is 5.10 Å². The predicted octanol–water partition coefficient (Wildman–Crippen LogP) is 3.17. The number of piperidine rings is 1. The summed E-state index contributed by atoms with van der Waals surface area (Å²) in [6.45, 7) is 6.01. The Morgan fingerprint density at radius 3 is 2.39 bits per heavy atom. The Bertz CT molecular complexity index is 878. The molecule has 31 heavy (non-hydrogen) atoms. The summed E-state index contributed by atoms with van der Waals surface area (Å²) >= 11 is 0. The summed E-state index contributed by atoms with van der Waals surface area (Å²) in [5, 5.41) is 7.13. The molecule has 4 heterocycles. The number of anilines is 2. The van der Waals surface area contributed by atoms with Crippen molar-refractivity contribution in [1.82, 2.24) is 19.7 Å². The fraction of sp³-hybridized carbons (Fsp3) is 0.565. The summed E-state index contributed by atoms with van der Waals surface area (Å²) in [5.74, 6) is 0.877. The smallest absolute Gasteiger partial charge is 0.255 e. The van der Waals surface area contributed by atoms with Crippen LogP contribution in [0, 0.1) is 5.92 Å². The molecule has 2 saturated heterocycles. The highest BCUT2D eigenvalue weighted by Gasteiger charge is 2.28. The van der Waals surface area contributed by atoms with Crippen LogP contribution >= 0.6 is 0 Å². The monoisotopic (exact) mass is 424 g/mol. The lowest BCUT2D eigenvalue weighted by Crippen LogP contribution is -2.41. The minimum Gasteiger partial charge on any atom is -0.357 e. The second kappa shape index (κ2) is 9.94. The lowest BCUT2D eigenvalue weighted by molar-refractivity contribution is -0.121. The van der Waals surface area contributed by atoms with E-state index >= 15 is 0 Å². The highest BCUT2D eigenvalue weighted by Crippen LogP contribution is 2.22. The van der Waals surface area contributed by atoms with Gasteiger partial charge in [0, 0.05) is 51.0 Å². The summed E-state index contributed by atoms with van der Waals surface area (Å²) in [4.78, 5) is 34.2. The van der Waals surface area contributed by atoms with E-state index in [1.807, 2.05) is 30.2 Å². The van der Waals surface area contributed by atoms with Gasteiger partial charge in [-0.25, -0.2) is 4.98 Å². The van der Waals surface area contributed by atoms with Crippen molar-refractivity contribution in [2.75, 3.05) is 36.4 Å². The van der Waals surface area contributed by atoms with Gasteiger partial charge in [0.1, 0.15) is 5.82 Å². The number of carbonyl (C=O) groups excluding carboxylic acids is 2. The summed E-state index contributed by atoms with van der Waals surface area (Å²) in [6.07, 6.45) is 11.5. The second-order valence-corrected chi connectivity index (χ2v) is 8.45. The third kappa shape index (κ3) is 5.24. The molecule has 0 aliphatic carbocycles. The molecule has 2 fully saturated rings. The van der Waals surface area contributed by atoms with Gasteiger partial charge >= 0.3 is 0 Å². The van der Waals surface area contributed by atoms with Gasteiger partial charge in [0.05, 0.1) is 17.4 Å². The van der Waals surface area contributed by atoms with Crippen LogP contribution in [0.15, 0.2) is 30.7 Å². The molecule has 2 amide bonds. The van der Waals surface area contributed by atoms with Crippen molar-refractivity contribution in [1.29, 1.82) is 0 Å². The Balaban J connectivity index is 1.29. The maximum Gasteiger partial charge on any atom is 0.255 e. The largest absolute Gasteiger partial charge is 0.357 e. The number of rotatable bonds is 5. The molecule has 2 aliphatic heterocycles. The van der Waals surface area contributed by atoms with Crippen LogP contribution in [-0.4, -0.2) is 57.7 Å². The van der Waals surface area contributed by atoms with Crippen LogP contribution in [0.2, 0.25) is 0 Å². The molecule has 0 unspecified atom stereocenters. The summed E-state index contributed by atoms with van der Waals surface area (Å²) in [7, 11) is 0. The molecule has 0 radical (unpaired) electrons. The minimum absolute atomic E-state index is 0.00185. The Morgan fingerprint density at radius 1 is 1.03 bits per heavy atom. The molecule has 4 rings (SSSR count). The molecule has 2 aromatic heterocycles. The van der Waals surface area contributed by atoms with E-state index in [-0.39, 0.29) is 17.7 Å². The number of nitrogens with one attached hydrogen (secondary N) is 1. The van der Waals surface area contributed by atoms with E-state index in [0.29, 0.717) is 31.5 Å². The first-order valence-electron chi connectivity index (χ1n) is 11.5. The van der Waals surface area contributed by atoms with Gasteiger partial charge in [-0.15, -0.1) is 0 Å². The van der Waals surface area contributed by atoms with E-state index in [9.17, 15) is 9.59 Å². The fourth-order valence-corrected chi connectivity index (χ4v) is 4.37. The number of hydrogen-bond acceptors (Lipinski definition) is 5. The zero-order valence-corrected chi connectivity index (χ0v) is 18.3. The molecular formula is C23H32N6O2. The van der Waals surface area contributed by atoms with Crippen LogP contribution in [0.25, 0.3) is 0 Å². The van der Waals surface area contributed by atoms with Crippen molar-refractivity contribution in [2.24, 2.45) is 5.92 Å². The first kappa shape index (κ1) is 21.3. The maximum absolute atomic E-state index is 12.9. The lowest BCUT2D eigenvalue weighted by Gasteiger charge is -2.31. The normalized spacial score (nSPS) is 18.0. The van der Waals surface area contributed by atoms with E-state index in [4.69, 9.17) is 0 Å². The van der Waals surface area contributed by atoms with E-state index in [1.165, 1.54) is 25.7 Å². The first-order chi connectivity index (χ1) is 15.1. The molecule has 0 saturated carbocycles. The number of aromatic nitrogens is 3.